The molecule has 0 spiro atoms. The first-order chi connectivity index (χ1) is 19.0. The van der Waals surface area contributed by atoms with Crippen molar-refractivity contribution in [2.75, 3.05) is 5.32 Å². The molecule has 11 nitrogen and oxygen atoms in total. The van der Waals surface area contributed by atoms with E-state index in [0.29, 0.717) is 33.4 Å². The molecule has 0 saturated heterocycles. The molecule has 1 amide bonds. The monoisotopic (exact) mass is 519 g/mol. The lowest BCUT2D eigenvalue weighted by Gasteiger charge is -2.12. The van der Waals surface area contributed by atoms with Gasteiger partial charge in [-0.15, -0.1) is 10.2 Å². The minimum Gasteiger partial charge on any atom is -0.505 e. The quantitative estimate of drug-likeness (QED) is 0.169. The third kappa shape index (κ3) is 5.05. The number of phenolic OH excluding ortho intramolecular Hbond substituents is 1. The van der Waals surface area contributed by atoms with E-state index in [1.807, 2.05) is 0 Å². The lowest BCUT2D eigenvalue weighted by Crippen LogP contribution is -2.12. The minimum absolute atomic E-state index is 0.00229. The Morgan fingerprint density at radius 3 is 2.46 bits per heavy atom. The number of carbonyl (C=O) groups is 1. The zero-order valence-corrected chi connectivity index (χ0v) is 20.4. The Kier molecular flexibility index (Phi) is 7.05. The Labute approximate surface area is 222 Å². The summed E-state index contributed by atoms with van der Waals surface area (Å²) in [4.78, 5) is 20.9. The maximum absolute atomic E-state index is 13.2. The number of nitrogens with one attached hydrogen (secondary N) is 1. The third-order valence-electron chi connectivity index (χ3n) is 5.93. The van der Waals surface area contributed by atoms with Crippen LogP contribution in [0.1, 0.15) is 21.5 Å². The summed E-state index contributed by atoms with van der Waals surface area (Å²) in [5.41, 5.74) is 1.81. The highest BCUT2D eigenvalue weighted by molar-refractivity contribution is 6.11. The number of pyridine rings is 1. The van der Waals surface area contributed by atoms with Crippen LogP contribution in [0.3, 0.4) is 0 Å². The van der Waals surface area contributed by atoms with Gasteiger partial charge in [-0.05, 0) is 52.9 Å². The summed E-state index contributed by atoms with van der Waals surface area (Å²) >= 11 is 0. The number of carbonyl (C=O) groups excluding carboxylic acids is 1. The average molecular weight is 520 g/mol. The van der Waals surface area contributed by atoms with Crippen LogP contribution in [0, 0.1) is 6.57 Å². The van der Waals surface area contributed by atoms with Gasteiger partial charge in [0.2, 0.25) is 0 Å². The van der Waals surface area contributed by atoms with E-state index in [9.17, 15) is 20.1 Å². The van der Waals surface area contributed by atoms with Gasteiger partial charge in [0.15, 0.2) is 17.4 Å². The number of hydrogen-bond donors (Lipinski definition) is 4. The van der Waals surface area contributed by atoms with E-state index in [-0.39, 0.29) is 36.0 Å². The Bertz CT molecular complexity index is 1740. The molecule has 2 heterocycles. The van der Waals surface area contributed by atoms with Gasteiger partial charge in [-0.25, -0.2) is 14.5 Å². The number of amides is 1. The van der Waals surface area contributed by atoms with E-state index in [0.717, 1.165) is 0 Å². The zero-order valence-electron chi connectivity index (χ0n) is 20.4. The minimum atomic E-state index is -0.600. The Morgan fingerprint density at radius 1 is 1.00 bits per heavy atom. The number of phenols is 1. The van der Waals surface area contributed by atoms with Crippen molar-refractivity contribution in [3.05, 3.63) is 107 Å². The third-order valence-corrected chi connectivity index (χ3v) is 5.93. The zero-order chi connectivity index (χ0) is 27.4. The van der Waals surface area contributed by atoms with Crippen molar-refractivity contribution in [2.24, 2.45) is 10.2 Å². The smallest absolute Gasteiger partial charge is 0.259 e. The molecule has 0 saturated carbocycles. The van der Waals surface area contributed by atoms with Gasteiger partial charge in [-0.2, -0.15) is 5.10 Å². The molecular formula is C28H21N7O4. The van der Waals surface area contributed by atoms with Gasteiger partial charge in [0.25, 0.3) is 11.6 Å². The second kappa shape index (κ2) is 10.9. The average Bonchev–Trinajstić information content (AvgIpc) is 3.39. The number of fused-ring (bicyclic) bond motifs is 1. The molecule has 0 unspecified atom stereocenters. The summed E-state index contributed by atoms with van der Waals surface area (Å²) < 4.78 is 1.35. The fourth-order valence-corrected chi connectivity index (χ4v) is 3.94. The number of aliphatic hydroxyl groups excluding tert-OH is 2. The fraction of sp³-hybridized carbons (Fsp3) is 0.0714. The fourth-order valence-electron chi connectivity index (χ4n) is 3.94. The molecule has 2 aromatic heterocycles. The molecule has 0 fully saturated rings. The summed E-state index contributed by atoms with van der Waals surface area (Å²) in [6.07, 6.45) is 2.92. The van der Waals surface area contributed by atoms with Crippen LogP contribution in [0.2, 0.25) is 0 Å². The number of hydrogen-bond acceptors (Lipinski definition) is 8. The Hall–Kier alpha value is -5.44. The molecule has 0 bridgehead atoms. The van der Waals surface area contributed by atoms with Crippen LogP contribution in [0.5, 0.6) is 5.75 Å². The normalized spacial score (nSPS) is 11.1. The van der Waals surface area contributed by atoms with Crippen molar-refractivity contribution in [1.82, 2.24) is 14.8 Å². The highest BCUT2D eigenvalue weighted by Crippen LogP contribution is 2.41. The Morgan fingerprint density at radius 2 is 1.77 bits per heavy atom. The number of nitrogens with zero attached hydrogens (tertiary/aromatic N) is 6. The first-order valence-corrected chi connectivity index (χ1v) is 11.7. The maximum atomic E-state index is 13.2. The van der Waals surface area contributed by atoms with Crippen LogP contribution < -0.4 is 5.32 Å². The molecule has 0 aliphatic carbocycles. The summed E-state index contributed by atoms with van der Waals surface area (Å²) in [6.45, 7) is 7.15. The summed E-state index contributed by atoms with van der Waals surface area (Å²) in [5, 5.41) is 46.5. The molecule has 0 radical (unpaired) electrons. The molecule has 5 rings (SSSR count). The molecule has 0 aliphatic heterocycles. The SMILES string of the molecule is [C-]#[N+]c1cnn(-c2ccccn2)c1N=Nc1c(O)c(C(=O)Nc2ccc(CO)cc2)cc2cc(CO)ccc12. The lowest BCUT2D eigenvalue weighted by molar-refractivity contribution is 0.102. The number of aliphatic hydroxyl groups is 2. The standard InChI is InChI=1S/C28H21N7O4/c1-29-23-14-31-35(24-4-2-3-11-30-24)27(23)34-33-25-21-10-7-18(16-37)12-19(21)13-22(26(25)38)28(39)32-20-8-5-17(15-36)6-9-20/h2-14,36-38H,15-16H2,(H,32,39). The molecule has 0 aliphatic rings. The van der Waals surface area contributed by atoms with Crippen LogP contribution in [0.15, 0.2) is 89.4 Å². The summed E-state index contributed by atoms with van der Waals surface area (Å²) in [7, 11) is 0. The van der Waals surface area contributed by atoms with Crippen LogP contribution in [-0.2, 0) is 13.2 Å². The molecule has 11 heteroatoms. The van der Waals surface area contributed by atoms with Crippen molar-refractivity contribution in [3.63, 3.8) is 0 Å². The predicted molar refractivity (Wildman–Crippen MR) is 144 cm³/mol. The van der Waals surface area contributed by atoms with E-state index < -0.39 is 11.7 Å². The van der Waals surface area contributed by atoms with E-state index in [2.05, 4.69) is 30.5 Å². The van der Waals surface area contributed by atoms with Crippen LogP contribution in [0.25, 0.3) is 21.4 Å². The van der Waals surface area contributed by atoms with Crippen molar-refractivity contribution in [2.45, 2.75) is 13.2 Å². The first-order valence-electron chi connectivity index (χ1n) is 11.7. The van der Waals surface area contributed by atoms with Crippen molar-refractivity contribution < 1.29 is 20.1 Å². The summed E-state index contributed by atoms with van der Waals surface area (Å²) in [6, 6.07) is 18.3. The predicted octanol–water partition coefficient (Wildman–Crippen LogP) is 5.33. The van der Waals surface area contributed by atoms with Crippen molar-refractivity contribution >= 4 is 39.6 Å². The molecular weight excluding hydrogens is 498 g/mol. The van der Waals surface area contributed by atoms with Crippen LogP contribution >= 0.6 is 0 Å². The number of aromatic nitrogens is 3. The number of azo groups is 1. The summed E-state index contributed by atoms with van der Waals surface area (Å²) in [5.74, 6) is -0.497. The lowest BCUT2D eigenvalue weighted by atomic mass is 10.0. The van der Waals surface area contributed by atoms with Gasteiger partial charge < -0.3 is 20.6 Å². The molecule has 192 valence electrons. The molecule has 3 aromatic carbocycles. The van der Waals surface area contributed by atoms with Crippen LogP contribution in [-0.4, -0.2) is 36.0 Å². The van der Waals surface area contributed by atoms with Crippen molar-refractivity contribution in [1.29, 1.82) is 0 Å². The molecule has 39 heavy (non-hydrogen) atoms. The second-order valence-corrected chi connectivity index (χ2v) is 8.41. The second-order valence-electron chi connectivity index (χ2n) is 8.41. The number of aromatic hydroxyl groups is 1. The van der Waals surface area contributed by atoms with E-state index in [4.69, 9.17) is 6.57 Å². The van der Waals surface area contributed by atoms with Gasteiger partial charge >= 0.3 is 0 Å². The van der Waals surface area contributed by atoms with Gasteiger partial charge in [0, 0.05) is 17.3 Å². The number of benzene rings is 3. The highest BCUT2D eigenvalue weighted by Gasteiger charge is 2.20. The number of anilines is 1. The van der Waals surface area contributed by atoms with E-state index in [1.54, 1.807) is 66.9 Å². The van der Waals surface area contributed by atoms with Gasteiger partial charge in [-0.1, -0.05) is 30.3 Å². The van der Waals surface area contributed by atoms with Crippen molar-refractivity contribution in [3.8, 4) is 11.6 Å². The molecule has 0 atom stereocenters. The number of rotatable bonds is 7. The van der Waals surface area contributed by atoms with Gasteiger partial charge in [0.05, 0.1) is 31.5 Å². The maximum Gasteiger partial charge on any atom is 0.259 e. The van der Waals surface area contributed by atoms with E-state index >= 15 is 0 Å². The highest BCUT2D eigenvalue weighted by atomic mass is 16.3. The Balaban J connectivity index is 1.61. The van der Waals surface area contributed by atoms with Crippen LogP contribution in [0.4, 0.5) is 22.9 Å². The first kappa shape index (κ1) is 25.2. The molecule has 5 aromatic rings. The van der Waals surface area contributed by atoms with Gasteiger partial charge in [-0.3, -0.25) is 4.79 Å². The van der Waals surface area contributed by atoms with Gasteiger partial charge in [0.1, 0.15) is 5.69 Å². The molecule has 4 N–H and O–H groups in total. The largest absolute Gasteiger partial charge is 0.505 e. The van der Waals surface area contributed by atoms with E-state index in [1.165, 1.54) is 16.9 Å². The topological polar surface area (TPSA) is 150 Å².